The van der Waals surface area contributed by atoms with Crippen molar-refractivity contribution in [3.63, 3.8) is 0 Å². The molecule has 1 aliphatic rings. The van der Waals surface area contributed by atoms with Crippen LogP contribution >= 0.6 is 0 Å². The number of carbonyl (C=O) groups is 1. The minimum Gasteiger partial charge on any atom is -0.477 e. The third-order valence-electron chi connectivity index (χ3n) is 4.48. The number of carbonyl (C=O) groups excluding carboxylic acids is 1. The fourth-order valence-corrected chi connectivity index (χ4v) is 3.15. The Morgan fingerprint density at radius 1 is 1.34 bits per heavy atom. The number of hydrogen-bond donors (Lipinski definition) is 2. The van der Waals surface area contributed by atoms with E-state index in [0.29, 0.717) is 18.4 Å². The van der Waals surface area contributed by atoms with E-state index in [4.69, 9.17) is 9.15 Å². The van der Waals surface area contributed by atoms with E-state index in [1.807, 2.05) is 11.8 Å². The van der Waals surface area contributed by atoms with Gasteiger partial charge in [-0.3, -0.25) is 4.79 Å². The molecule has 0 bridgehead atoms. The largest absolute Gasteiger partial charge is 0.477 e. The molecule has 0 aliphatic carbocycles. The minimum absolute atomic E-state index is 0.124. The van der Waals surface area contributed by atoms with Crippen LogP contribution in [0.1, 0.15) is 23.2 Å². The van der Waals surface area contributed by atoms with Crippen molar-refractivity contribution in [2.24, 2.45) is 0 Å². The number of hydrogen-bond acceptors (Lipinski definition) is 8. The standard InChI is InChI=1S/C19H21FN6O3/c1-3-28-18-13(10-22-19(25-18)26-6-4-21-5-7-26)17(27)24-12-8-14(20)16-15(9-12)29-11(2)23-16/h8-10,21H,3-7H2,1-2H3,(H,24,27). The molecule has 1 fully saturated rings. The monoisotopic (exact) mass is 400 g/mol. The number of ether oxygens (including phenoxy) is 1. The fourth-order valence-electron chi connectivity index (χ4n) is 3.15. The van der Waals surface area contributed by atoms with Gasteiger partial charge in [-0.1, -0.05) is 0 Å². The molecule has 0 radical (unpaired) electrons. The highest BCUT2D eigenvalue weighted by Crippen LogP contribution is 2.25. The zero-order chi connectivity index (χ0) is 20.4. The summed E-state index contributed by atoms with van der Waals surface area (Å²) in [5.41, 5.74) is 0.789. The van der Waals surface area contributed by atoms with Crippen LogP contribution < -0.4 is 20.3 Å². The van der Waals surface area contributed by atoms with Crippen molar-refractivity contribution in [1.29, 1.82) is 0 Å². The first-order chi connectivity index (χ1) is 14.0. The average Bonchev–Trinajstić information content (AvgIpc) is 3.09. The Bertz CT molecular complexity index is 1050. The predicted molar refractivity (Wildman–Crippen MR) is 105 cm³/mol. The number of piperazine rings is 1. The van der Waals surface area contributed by atoms with Crippen molar-refractivity contribution in [2.45, 2.75) is 13.8 Å². The number of halogens is 1. The summed E-state index contributed by atoms with van der Waals surface area (Å²) in [6, 6.07) is 2.71. The van der Waals surface area contributed by atoms with E-state index < -0.39 is 11.7 Å². The Balaban J connectivity index is 1.60. The minimum atomic E-state index is -0.579. The fraction of sp³-hybridized carbons (Fsp3) is 0.368. The smallest absolute Gasteiger partial charge is 0.262 e. The molecule has 152 valence electrons. The van der Waals surface area contributed by atoms with Gasteiger partial charge in [0.1, 0.15) is 11.1 Å². The summed E-state index contributed by atoms with van der Waals surface area (Å²) in [5.74, 6) is -0.0418. The van der Waals surface area contributed by atoms with Gasteiger partial charge in [-0.2, -0.15) is 4.98 Å². The van der Waals surface area contributed by atoms with Gasteiger partial charge in [0.05, 0.1) is 6.61 Å². The van der Waals surface area contributed by atoms with E-state index in [2.05, 4.69) is 25.6 Å². The normalized spacial score (nSPS) is 14.2. The van der Waals surface area contributed by atoms with Crippen molar-refractivity contribution in [1.82, 2.24) is 20.3 Å². The number of fused-ring (bicyclic) bond motifs is 1. The number of oxazole rings is 1. The number of benzene rings is 1. The molecule has 1 aliphatic heterocycles. The zero-order valence-corrected chi connectivity index (χ0v) is 16.2. The van der Waals surface area contributed by atoms with Crippen LogP contribution in [0, 0.1) is 12.7 Å². The second-order valence-corrected chi connectivity index (χ2v) is 6.55. The van der Waals surface area contributed by atoms with Crippen molar-refractivity contribution < 1.29 is 18.3 Å². The van der Waals surface area contributed by atoms with Crippen molar-refractivity contribution >= 4 is 28.6 Å². The molecule has 3 aromatic rings. The number of anilines is 2. The highest BCUT2D eigenvalue weighted by molar-refractivity contribution is 6.06. The summed E-state index contributed by atoms with van der Waals surface area (Å²) >= 11 is 0. The van der Waals surface area contributed by atoms with Gasteiger partial charge in [-0.15, -0.1) is 0 Å². The van der Waals surface area contributed by atoms with Gasteiger partial charge in [0.15, 0.2) is 17.3 Å². The Hall–Kier alpha value is -3.27. The lowest BCUT2D eigenvalue weighted by Crippen LogP contribution is -2.44. The summed E-state index contributed by atoms with van der Waals surface area (Å²) in [4.78, 5) is 27.5. The maximum atomic E-state index is 14.2. The Labute approximate surface area is 166 Å². The number of nitrogens with one attached hydrogen (secondary N) is 2. The topological polar surface area (TPSA) is 105 Å². The van der Waals surface area contributed by atoms with E-state index in [1.165, 1.54) is 18.3 Å². The molecule has 2 aromatic heterocycles. The van der Waals surface area contributed by atoms with Crippen molar-refractivity contribution in [2.75, 3.05) is 43.0 Å². The van der Waals surface area contributed by atoms with Crippen LogP contribution in [0.5, 0.6) is 5.88 Å². The molecular weight excluding hydrogens is 379 g/mol. The van der Waals surface area contributed by atoms with E-state index in [9.17, 15) is 9.18 Å². The van der Waals surface area contributed by atoms with E-state index >= 15 is 0 Å². The second kappa shape index (κ2) is 8.00. The van der Waals surface area contributed by atoms with Gasteiger partial charge < -0.3 is 24.7 Å². The highest BCUT2D eigenvalue weighted by Gasteiger charge is 2.21. The maximum Gasteiger partial charge on any atom is 0.262 e. The summed E-state index contributed by atoms with van der Waals surface area (Å²) in [5, 5.41) is 5.91. The Kier molecular flexibility index (Phi) is 5.26. The summed E-state index contributed by atoms with van der Waals surface area (Å²) in [6.07, 6.45) is 1.43. The summed E-state index contributed by atoms with van der Waals surface area (Å²) < 4.78 is 25.2. The molecule has 3 heterocycles. The molecular formula is C19H21FN6O3. The number of rotatable bonds is 5. The van der Waals surface area contributed by atoms with Gasteiger partial charge in [-0.25, -0.2) is 14.4 Å². The van der Waals surface area contributed by atoms with Crippen LogP contribution in [0.3, 0.4) is 0 Å². The maximum absolute atomic E-state index is 14.2. The molecule has 0 atom stereocenters. The van der Waals surface area contributed by atoms with Gasteiger partial charge in [0.25, 0.3) is 5.91 Å². The first-order valence-corrected chi connectivity index (χ1v) is 9.38. The Morgan fingerprint density at radius 2 is 2.14 bits per heavy atom. The van der Waals surface area contributed by atoms with E-state index in [1.54, 1.807) is 6.92 Å². The first kappa shape index (κ1) is 19.1. The first-order valence-electron chi connectivity index (χ1n) is 9.38. The number of aryl methyl sites for hydroxylation is 1. The van der Waals surface area contributed by atoms with Crippen molar-refractivity contribution in [3.05, 3.63) is 35.6 Å². The quantitative estimate of drug-likeness (QED) is 0.671. The van der Waals surface area contributed by atoms with Crippen LogP contribution in [0.15, 0.2) is 22.7 Å². The number of nitrogens with zero attached hydrogens (tertiary/aromatic N) is 4. The lowest BCUT2D eigenvalue weighted by molar-refractivity contribution is 0.102. The zero-order valence-electron chi connectivity index (χ0n) is 16.2. The van der Waals surface area contributed by atoms with Gasteiger partial charge in [0, 0.05) is 51.1 Å². The van der Waals surface area contributed by atoms with Gasteiger partial charge in [-0.05, 0) is 13.0 Å². The molecule has 1 amide bonds. The summed E-state index contributed by atoms with van der Waals surface area (Å²) in [6.45, 7) is 7.00. The highest BCUT2D eigenvalue weighted by atomic mass is 19.1. The molecule has 0 unspecified atom stereocenters. The van der Waals surface area contributed by atoms with Crippen LogP contribution in [0.2, 0.25) is 0 Å². The molecule has 0 saturated carbocycles. The van der Waals surface area contributed by atoms with Crippen LogP contribution in [0.4, 0.5) is 16.0 Å². The molecule has 1 saturated heterocycles. The molecule has 4 rings (SSSR count). The molecule has 1 aromatic carbocycles. The molecule has 10 heteroatoms. The van der Waals surface area contributed by atoms with Crippen LogP contribution in [-0.4, -0.2) is 53.6 Å². The SMILES string of the molecule is CCOc1nc(N2CCNCC2)ncc1C(=O)Nc1cc(F)c2nc(C)oc2c1. The molecule has 9 nitrogen and oxygen atoms in total. The number of amides is 1. The Morgan fingerprint density at radius 3 is 2.90 bits per heavy atom. The van der Waals surface area contributed by atoms with Gasteiger partial charge >= 0.3 is 0 Å². The predicted octanol–water partition coefficient (Wildman–Crippen LogP) is 2.13. The van der Waals surface area contributed by atoms with Gasteiger partial charge in [0.2, 0.25) is 11.8 Å². The molecule has 29 heavy (non-hydrogen) atoms. The van der Waals surface area contributed by atoms with Crippen molar-refractivity contribution in [3.8, 4) is 5.88 Å². The van der Waals surface area contributed by atoms with E-state index in [0.717, 1.165) is 26.2 Å². The third-order valence-corrected chi connectivity index (χ3v) is 4.48. The third kappa shape index (κ3) is 3.97. The molecule has 0 spiro atoms. The second-order valence-electron chi connectivity index (χ2n) is 6.55. The average molecular weight is 400 g/mol. The number of aromatic nitrogens is 3. The summed E-state index contributed by atoms with van der Waals surface area (Å²) in [7, 11) is 0. The van der Waals surface area contributed by atoms with Crippen LogP contribution in [0.25, 0.3) is 11.1 Å². The lowest BCUT2D eigenvalue weighted by atomic mass is 10.2. The van der Waals surface area contributed by atoms with E-state index in [-0.39, 0.29) is 28.2 Å². The molecule has 2 N–H and O–H groups in total. The van der Waals surface area contributed by atoms with Crippen LogP contribution in [-0.2, 0) is 0 Å². The lowest BCUT2D eigenvalue weighted by Gasteiger charge is -2.27.